The number of rotatable bonds is 5. The number of fused-ring (bicyclic) bond motifs is 1. The van der Waals surface area contributed by atoms with Crippen molar-refractivity contribution in [2.75, 3.05) is 5.32 Å². The summed E-state index contributed by atoms with van der Waals surface area (Å²) >= 11 is 0. The SMILES string of the molecule is NS(=O)(=O)c1ccc(CNc2ncc3nc(-c4ccc(F)cc4)nnc3n2)cc1. The normalized spacial score (nSPS) is 11.5. The summed E-state index contributed by atoms with van der Waals surface area (Å²) in [7, 11) is -3.72. The number of hydrogen-bond acceptors (Lipinski definition) is 8. The summed E-state index contributed by atoms with van der Waals surface area (Å²) in [5, 5.41) is 16.2. The predicted molar refractivity (Wildman–Crippen MR) is 103 cm³/mol. The van der Waals surface area contributed by atoms with Gasteiger partial charge in [-0.15, -0.1) is 10.2 Å². The van der Waals surface area contributed by atoms with E-state index in [2.05, 4.69) is 30.5 Å². The second-order valence-electron chi connectivity index (χ2n) is 6.09. The average Bonchev–Trinajstić information content (AvgIpc) is 2.72. The molecular formula is C18H14FN7O2S. The lowest BCUT2D eigenvalue weighted by Gasteiger charge is -2.06. The molecule has 29 heavy (non-hydrogen) atoms. The highest BCUT2D eigenvalue weighted by Crippen LogP contribution is 2.17. The van der Waals surface area contributed by atoms with E-state index in [1.807, 2.05) is 0 Å². The molecule has 0 radical (unpaired) electrons. The highest BCUT2D eigenvalue weighted by atomic mass is 32.2. The summed E-state index contributed by atoms with van der Waals surface area (Å²) < 4.78 is 35.6. The van der Waals surface area contributed by atoms with Crippen LogP contribution in [-0.2, 0) is 16.6 Å². The van der Waals surface area contributed by atoms with Crippen LogP contribution in [0.25, 0.3) is 22.6 Å². The molecule has 0 aliphatic carbocycles. The van der Waals surface area contributed by atoms with Gasteiger partial charge in [-0.3, -0.25) is 0 Å². The molecule has 0 atom stereocenters. The molecule has 2 heterocycles. The van der Waals surface area contributed by atoms with Gasteiger partial charge in [0.15, 0.2) is 5.82 Å². The van der Waals surface area contributed by atoms with Gasteiger partial charge in [0.25, 0.3) is 0 Å². The van der Waals surface area contributed by atoms with Gasteiger partial charge in [-0.05, 0) is 42.0 Å². The zero-order chi connectivity index (χ0) is 20.4. The second-order valence-corrected chi connectivity index (χ2v) is 7.65. The largest absolute Gasteiger partial charge is 0.350 e. The van der Waals surface area contributed by atoms with Crippen molar-refractivity contribution >= 4 is 27.1 Å². The monoisotopic (exact) mass is 411 g/mol. The van der Waals surface area contributed by atoms with Gasteiger partial charge < -0.3 is 5.32 Å². The number of benzene rings is 2. The van der Waals surface area contributed by atoms with Crippen LogP contribution in [0.15, 0.2) is 59.6 Å². The number of nitrogens with one attached hydrogen (secondary N) is 1. The smallest absolute Gasteiger partial charge is 0.238 e. The quantitative estimate of drug-likeness (QED) is 0.508. The van der Waals surface area contributed by atoms with Gasteiger partial charge in [0, 0.05) is 12.1 Å². The van der Waals surface area contributed by atoms with E-state index in [0.717, 1.165) is 5.56 Å². The Bertz CT molecular complexity index is 1280. The van der Waals surface area contributed by atoms with E-state index < -0.39 is 10.0 Å². The van der Waals surface area contributed by atoms with Crippen LogP contribution in [0, 0.1) is 5.82 Å². The fourth-order valence-electron chi connectivity index (χ4n) is 2.53. The van der Waals surface area contributed by atoms with Crippen molar-refractivity contribution in [2.45, 2.75) is 11.4 Å². The molecule has 4 rings (SSSR count). The summed E-state index contributed by atoms with van der Waals surface area (Å²) in [5.41, 5.74) is 2.20. The molecule has 0 aliphatic heterocycles. The lowest BCUT2D eigenvalue weighted by atomic mass is 10.2. The highest BCUT2D eigenvalue weighted by Gasteiger charge is 2.09. The zero-order valence-corrected chi connectivity index (χ0v) is 15.6. The van der Waals surface area contributed by atoms with Gasteiger partial charge in [-0.1, -0.05) is 12.1 Å². The van der Waals surface area contributed by atoms with E-state index >= 15 is 0 Å². The van der Waals surface area contributed by atoms with Gasteiger partial charge in [-0.25, -0.2) is 27.9 Å². The van der Waals surface area contributed by atoms with Crippen LogP contribution in [0.1, 0.15) is 5.56 Å². The van der Waals surface area contributed by atoms with Gasteiger partial charge >= 0.3 is 0 Å². The first-order chi connectivity index (χ1) is 13.9. The van der Waals surface area contributed by atoms with Crippen molar-refractivity contribution in [3.05, 3.63) is 66.1 Å². The van der Waals surface area contributed by atoms with Crippen LogP contribution in [-0.4, -0.2) is 33.6 Å². The lowest BCUT2D eigenvalue weighted by molar-refractivity contribution is 0.597. The first-order valence-electron chi connectivity index (χ1n) is 8.37. The first kappa shape index (κ1) is 18.8. The summed E-state index contributed by atoms with van der Waals surface area (Å²) in [6.45, 7) is 0.366. The molecule has 0 fully saturated rings. The third kappa shape index (κ3) is 4.31. The molecule has 11 heteroatoms. The van der Waals surface area contributed by atoms with E-state index in [1.165, 1.54) is 30.5 Å². The second kappa shape index (κ2) is 7.45. The molecule has 3 N–H and O–H groups in total. The maximum atomic E-state index is 13.1. The van der Waals surface area contributed by atoms with E-state index in [-0.39, 0.29) is 10.7 Å². The number of nitrogens with zero attached hydrogens (tertiary/aromatic N) is 5. The average molecular weight is 411 g/mol. The number of nitrogens with two attached hydrogens (primary N) is 1. The van der Waals surface area contributed by atoms with Crippen molar-refractivity contribution in [3.8, 4) is 11.4 Å². The Morgan fingerprint density at radius 1 is 0.966 bits per heavy atom. The standard InChI is InChI=1S/C18H14FN7O2S/c19-13-5-3-12(4-6-13)16-23-15-10-22-18(24-17(15)26-25-16)21-9-11-1-7-14(8-2-11)29(20,27)28/h1-8,10H,9H2,(H2,20,27,28)(H,21,22,24,26). The number of halogens is 1. The van der Waals surface area contributed by atoms with Crippen LogP contribution in [0.5, 0.6) is 0 Å². The number of aromatic nitrogens is 5. The zero-order valence-electron chi connectivity index (χ0n) is 14.8. The van der Waals surface area contributed by atoms with Crippen molar-refractivity contribution in [1.29, 1.82) is 0 Å². The van der Waals surface area contributed by atoms with Crippen molar-refractivity contribution in [1.82, 2.24) is 25.1 Å². The minimum Gasteiger partial charge on any atom is -0.350 e. The van der Waals surface area contributed by atoms with Crippen molar-refractivity contribution in [2.24, 2.45) is 5.14 Å². The molecule has 0 aliphatic rings. The Morgan fingerprint density at radius 2 is 1.69 bits per heavy atom. The minimum absolute atomic E-state index is 0.0431. The molecule has 0 saturated carbocycles. The molecule has 2 aromatic carbocycles. The van der Waals surface area contributed by atoms with E-state index in [1.54, 1.807) is 24.3 Å². The van der Waals surface area contributed by atoms with Crippen LogP contribution in [0.3, 0.4) is 0 Å². The number of sulfonamides is 1. The fraction of sp³-hybridized carbons (Fsp3) is 0.0556. The van der Waals surface area contributed by atoms with Crippen molar-refractivity contribution < 1.29 is 12.8 Å². The summed E-state index contributed by atoms with van der Waals surface area (Å²) in [6.07, 6.45) is 1.51. The Morgan fingerprint density at radius 3 is 2.38 bits per heavy atom. The van der Waals surface area contributed by atoms with E-state index in [0.29, 0.717) is 35.0 Å². The Hall–Kier alpha value is -3.57. The van der Waals surface area contributed by atoms with Gasteiger partial charge in [-0.2, -0.15) is 4.98 Å². The Labute approximate surface area is 164 Å². The molecule has 9 nitrogen and oxygen atoms in total. The van der Waals surface area contributed by atoms with Crippen LogP contribution >= 0.6 is 0 Å². The minimum atomic E-state index is -3.72. The van der Waals surface area contributed by atoms with Gasteiger partial charge in [0.05, 0.1) is 11.1 Å². The van der Waals surface area contributed by atoms with E-state index in [4.69, 9.17) is 5.14 Å². The summed E-state index contributed by atoms with van der Waals surface area (Å²) in [4.78, 5) is 12.9. The molecule has 0 saturated heterocycles. The van der Waals surface area contributed by atoms with E-state index in [9.17, 15) is 12.8 Å². The molecular weight excluding hydrogens is 397 g/mol. The van der Waals surface area contributed by atoms with Crippen LogP contribution < -0.4 is 10.5 Å². The first-order valence-corrected chi connectivity index (χ1v) is 9.92. The number of primary sulfonamides is 1. The summed E-state index contributed by atoms with van der Waals surface area (Å²) in [5.74, 6) is 0.316. The van der Waals surface area contributed by atoms with Gasteiger partial charge in [0.2, 0.25) is 21.6 Å². The molecule has 0 unspecified atom stereocenters. The number of anilines is 1. The maximum Gasteiger partial charge on any atom is 0.238 e. The summed E-state index contributed by atoms with van der Waals surface area (Å²) in [6, 6.07) is 11.9. The fourth-order valence-corrected chi connectivity index (χ4v) is 3.05. The van der Waals surface area contributed by atoms with Crippen LogP contribution in [0.2, 0.25) is 0 Å². The molecule has 0 bridgehead atoms. The lowest BCUT2D eigenvalue weighted by Crippen LogP contribution is -2.12. The Balaban J connectivity index is 1.50. The Kier molecular flexibility index (Phi) is 4.82. The molecule has 4 aromatic rings. The molecule has 146 valence electrons. The van der Waals surface area contributed by atoms with Crippen LogP contribution in [0.4, 0.5) is 10.3 Å². The van der Waals surface area contributed by atoms with Crippen molar-refractivity contribution in [3.63, 3.8) is 0 Å². The molecule has 0 spiro atoms. The van der Waals surface area contributed by atoms with Gasteiger partial charge in [0.1, 0.15) is 11.3 Å². The maximum absolute atomic E-state index is 13.1. The highest BCUT2D eigenvalue weighted by molar-refractivity contribution is 7.89. The third-order valence-electron chi connectivity index (χ3n) is 4.02. The topological polar surface area (TPSA) is 137 Å². The number of hydrogen-bond donors (Lipinski definition) is 2. The molecule has 0 amide bonds. The third-order valence-corrected chi connectivity index (χ3v) is 4.95. The predicted octanol–water partition coefficient (Wildman–Crippen LogP) is 1.88. The molecule has 2 aromatic heterocycles.